The summed E-state index contributed by atoms with van der Waals surface area (Å²) >= 11 is 0. The maximum Gasteiger partial charge on any atom is 0.179 e. The van der Waals surface area contributed by atoms with Gasteiger partial charge in [-0.15, -0.1) is 0 Å². The van der Waals surface area contributed by atoms with Crippen molar-refractivity contribution >= 4 is 0 Å². The number of hydrogen-bond donors (Lipinski definition) is 1. The molecule has 0 spiro atoms. The van der Waals surface area contributed by atoms with Gasteiger partial charge in [0.25, 0.3) is 0 Å². The Morgan fingerprint density at radius 2 is 2.45 bits per heavy atom. The molecule has 62 valence electrons. The van der Waals surface area contributed by atoms with Crippen LogP contribution in [0.5, 0.6) is 0 Å². The Labute approximate surface area is 65.2 Å². The third kappa shape index (κ3) is 1.43. The highest BCUT2D eigenvalue weighted by molar-refractivity contribution is 5.09. The van der Waals surface area contributed by atoms with Gasteiger partial charge in [-0.1, -0.05) is 6.92 Å². The molecule has 0 aromatic carbocycles. The smallest absolute Gasteiger partial charge is 0.179 e. The lowest BCUT2D eigenvalue weighted by Gasteiger charge is -2.18. The van der Waals surface area contributed by atoms with Gasteiger partial charge >= 0.3 is 0 Å². The van der Waals surface area contributed by atoms with E-state index in [4.69, 9.17) is 10.2 Å². The number of furan rings is 1. The summed E-state index contributed by atoms with van der Waals surface area (Å²) in [5.41, 5.74) is 3.79. The normalized spacial score (nSPS) is 16.3. The Kier molecular flexibility index (Phi) is 2.29. The van der Waals surface area contributed by atoms with Crippen molar-refractivity contribution in [3.8, 4) is 0 Å². The molecule has 11 heavy (non-hydrogen) atoms. The van der Waals surface area contributed by atoms with Gasteiger partial charge in [-0.2, -0.15) is 0 Å². The van der Waals surface area contributed by atoms with E-state index in [2.05, 4.69) is 0 Å². The molecule has 2 N–H and O–H groups in total. The average Bonchev–Trinajstić information content (AvgIpc) is 2.55. The molecule has 3 heteroatoms. The zero-order chi connectivity index (χ0) is 8.32. The highest BCUT2D eigenvalue weighted by Gasteiger charge is 2.30. The minimum Gasteiger partial charge on any atom is -0.466 e. The van der Waals surface area contributed by atoms with Crippen molar-refractivity contribution in [2.45, 2.75) is 19.0 Å². The molecular weight excluding hydrogens is 145 g/mol. The van der Waals surface area contributed by atoms with E-state index in [-0.39, 0.29) is 6.54 Å². The van der Waals surface area contributed by atoms with E-state index in [0.717, 1.165) is 0 Å². The molecule has 0 fully saturated rings. The number of hydrogen-bond acceptors (Lipinski definition) is 2. The SMILES string of the molecule is CCC(F)(CN)c1ccco1. The summed E-state index contributed by atoms with van der Waals surface area (Å²) in [4.78, 5) is 0. The quantitative estimate of drug-likeness (QED) is 0.726. The van der Waals surface area contributed by atoms with Crippen molar-refractivity contribution in [3.05, 3.63) is 24.2 Å². The molecule has 1 heterocycles. The van der Waals surface area contributed by atoms with Gasteiger partial charge in [0.1, 0.15) is 5.76 Å². The van der Waals surface area contributed by atoms with Crippen LogP contribution in [0.3, 0.4) is 0 Å². The van der Waals surface area contributed by atoms with Gasteiger partial charge < -0.3 is 10.2 Å². The third-order valence-electron chi connectivity index (χ3n) is 1.85. The standard InChI is InChI=1S/C8H12FNO/c1-2-8(9,6-10)7-4-3-5-11-7/h3-5H,2,6,10H2,1H3. The van der Waals surface area contributed by atoms with Gasteiger partial charge in [-0.05, 0) is 18.6 Å². The summed E-state index contributed by atoms with van der Waals surface area (Å²) in [7, 11) is 0. The van der Waals surface area contributed by atoms with Crippen molar-refractivity contribution in [2.75, 3.05) is 6.54 Å². The van der Waals surface area contributed by atoms with Crippen LogP contribution in [0.1, 0.15) is 19.1 Å². The highest BCUT2D eigenvalue weighted by atomic mass is 19.1. The van der Waals surface area contributed by atoms with Crippen molar-refractivity contribution in [1.82, 2.24) is 0 Å². The molecular formula is C8H12FNO. The largest absolute Gasteiger partial charge is 0.466 e. The molecule has 1 aromatic rings. The third-order valence-corrected chi connectivity index (χ3v) is 1.85. The van der Waals surface area contributed by atoms with Crippen molar-refractivity contribution in [2.24, 2.45) is 5.73 Å². The summed E-state index contributed by atoms with van der Waals surface area (Å²) in [6, 6.07) is 3.27. The van der Waals surface area contributed by atoms with Crippen molar-refractivity contribution < 1.29 is 8.81 Å². The predicted molar refractivity (Wildman–Crippen MR) is 40.8 cm³/mol. The second-order valence-electron chi connectivity index (χ2n) is 2.50. The van der Waals surface area contributed by atoms with Crippen molar-refractivity contribution in [1.29, 1.82) is 0 Å². The predicted octanol–water partition coefficient (Wildman–Crippen LogP) is 1.81. The van der Waals surface area contributed by atoms with E-state index >= 15 is 0 Å². The second-order valence-corrected chi connectivity index (χ2v) is 2.50. The van der Waals surface area contributed by atoms with Gasteiger partial charge in [-0.25, -0.2) is 4.39 Å². The van der Waals surface area contributed by atoms with E-state index in [0.29, 0.717) is 12.2 Å². The second kappa shape index (κ2) is 3.05. The molecule has 0 saturated heterocycles. The maximum absolute atomic E-state index is 13.6. The zero-order valence-corrected chi connectivity index (χ0v) is 6.51. The lowest BCUT2D eigenvalue weighted by molar-refractivity contribution is 0.133. The minimum atomic E-state index is -1.48. The first kappa shape index (κ1) is 8.27. The van der Waals surface area contributed by atoms with Crippen LogP contribution in [0.25, 0.3) is 0 Å². The van der Waals surface area contributed by atoms with E-state index < -0.39 is 5.67 Å². The first-order chi connectivity index (χ1) is 5.23. The first-order valence-corrected chi connectivity index (χ1v) is 3.66. The van der Waals surface area contributed by atoms with E-state index in [9.17, 15) is 4.39 Å². The van der Waals surface area contributed by atoms with Crippen LogP contribution in [-0.4, -0.2) is 6.54 Å². The summed E-state index contributed by atoms with van der Waals surface area (Å²) in [6.07, 6.45) is 1.80. The topological polar surface area (TPSA) is 39.2 Å². The Balaban J connectivity index is 2.87. The van der Waals surface area contributed by atoms with Crippen molar-refractivity contribution in [3.63, 3.8) is 0 Å². The number of halogens is 1. The fourth-order valence-electron chi connectivity index (χ4n) is 0.953. The molecule has 1 aromatic heterocycles. The number of rotatable bonds is 3. The molecule has 0 aliphatic carbocycles. The molecule has 1 atom stereocenters. The van der Waals surface area contributed by atoms with Crippen LogP contribution in [0.15, 0.2) is 22.8 Å². The van der Waals surface area contributed by atoms with Crippen LogP contribution >= 0.6 is 0 Å². The maximum atomic E-state index is 13.6. The minimum absolute atomic E-state index is 0.0307. The van der Waals surface area contributed by atoms with Crippen LogP contribution < -0.4 is 5.73 Å². The average molecular weight is 157 g/mol. The molecule has 0 radical (unpaired) electrons. The van der Waals surface area contributed by atoms with Crippen LogP contribution in [0.2, 0.25) is 0 Å². The molecule has 1 rings (SSSR count). The molecule has 0 saturated carbocycles. The van der Waals surface area contributed by atoms with Gasteiger partial charge in [-0.3, -0.25) is 0 Å². The van der Waals surface area contributed by atoms with E-state index in [1.165, 1.54) is 6.26 Å². The van der Waals surface area contributed by atoms with Crippen LogP contribution in [0, 0.1) is 0 Å². The molecule has 1 unspecified atom stereocenters. The van der Waals surface area contributed by atoms with Gasteiger partial charge in [0.2, 0.25) is 0 Å². The Bertz CT molecular complexity index is 204. The molecule has 0 bridgehead atoms. The molecule has 0 amide bonds. The Morgan fingerprint density at radius 3 is 2.82 bits per heavy atom. The van der Waals surface area contributed by atoms with Crippen LogP contribution in [-0.2, 0) is 5.67 Å². The fraction of sp³-hybridized carbons (Fsp3) is 0.500. The van der Waals surface area contributed by atoms with E-state index in [1.807, 2.05) is 0 Å². The molecule has 0 aliphatic heterocycles. The monoisotopic (exact) mass is 157 g/mol. The number of alkyl halides is 1. The zero-order valence-electron chi connectivity index (χ0n) is 6.51. The summed E-state index contributed by atoms with van der Waals surface area (Å²) in [6.45, 7) is 1.71. The van der Waals surface area contributed by atoms with Gasteiger partial charge in [0.05, 0.1) is 6.26 Å². The van der Waals surface area contributed by atoms with E-state index in [1.54, 1.807) is 19.1 Å². The first-order valence-electron chi connectivity index (χ1n) is 3.66. The lowest BCUT2D eigenvalue weighted by atomic mass is 10.0. The fourth-order valence-corrected chi connectivity index (χ4v) is 0.953. The van der Waals surface area contributed by atoms with Crippen LogP contribution in [0.4, 0.5) is 4.39 Å². The van der Waals surface area contributed by atoms with Gasteiger partial charge in [0.15, 0.2) is 5.67 Å². The highest BCUT2D eigenvalue weighted by Crippen LogP contribution is 2.28. The summed E-state index contributed by atoms with van der Waals surface area (Å²) < 4.78 is 18.5. The Morgan fingerprint density at radius 1 is 1.73 bits per heavy atom. The molecule has 0 aliphatic rings. The Hall–Kier alpha value is -0.830. The van der Waals surface area contributed by atoms with Gasteiger partial charge in [0, 0.05) is 6.54 Å². The lowest BCUT2D eigenvalue weighted by Crippen LogP contribution is -2.28. The molecule has 2 nitrogen and oxygen atoms in total. The summed E-state index contributed by atoms with van der Waals surface area (Å²) in [5, 5.41) is 0. The summed E-state index contributed by atoms with van der Waals surface area (Å²) in [5.74, 6) is 0.322. The number of nitrogens with two attached hydrogens (primary N) is 1.